The van der Waals surface area contributed by atoms with Crippen LogP contribution in [0, 0.1) is 6.92 Å². The van der Waals surface area contributed by atoms with Crippen LogP contribution in [0.2, 0.25) is 0 Å². The van der Waals surface area contributed by atoms with Crippen molar-refractivity contribution >= 4 is 5.97 Å². The van der Waals surface area contributed by atoms with Gasteiger partial charge in [0.2, 0.25) is 0 Å². The van der Waals surface area contributed by atoms with Gasteiger partial charge < -0.3 is 9.84 Å². The number of hydrogen-bond acceptors (Lipinski definition) is 3. The van der Waals surface area contributed by atoms with Crippen molar-refractivity contribution in [3.05, 3.63) is 52.8 Å². The number of esters is 1. The minimum atomic E-state index is -0.291. The van der Waals surface area contributed by atoms with E-state index in [1.807, 2.05) is 32.1 Å². The predicted molar refractivity (Wildman–Crippen MR) is 69.2 cm³/mol. The summed E-state index contributed by atoms with van der Waals surface area (Å²) in [5, 5.41) is 9.68. The molecule has 0 saturated heterocycles. The second-order valence-corrected chi connectivity index (χ2v) is 4.62. The van der Waals surface area contributed by atoms with Crippen LogP contribution in [0.5, 0.6) is 5.75 Å². The maximum Gasteiger partial charge on any atom is 0.339 e. The Balaban J connectivity index is 2.22. The molecule has 18 heavy (non-hydrogen) atoms. The number of hydrogen-bond donors (Lipinski definition) is 1. The van der Waals surface area contributed by atoms with E-state index in [9.17, 15) is 9.90 Å². The highest BCUT2D eigenvalue weighted by Gasteiger charge is 2.17. The summed E-state index contributed by atoms with van der Waals surface area (Å²) in [5.41, 5.74) is 2.45. The first-order valence-corrected chi connectivity index (χ1v) is 5.89. The Morgan fingerprint density at radius 3 is 2.61 bits per heavy atom. The molecule has 94 valence electrons. The second kappa shape index (κ2) is 4.69. The maximum absolute atomic E-state index is 11.2. The van der Waals surface area contributed by atoms with Gasteiger partial charge in [0.05, 0.1) is 0 Å². The molecule has 0 unspecified atom stereocenters. The van der Waals surface area contributed by atoms with E-state index in [0.717, 1.165) is 11.1 Å². The van der Waals surface area contributed by atoms with E-state index in [0.29, 0.717) is 11.3 Å². The first-order valence-electron chi connectivity index (χ1n) is 5.89. The van der Waals surface area contributed by atoms with Crippen molar-refractivity contribution in [1.82, 2.24) is 0 Å². The zero-order chi connectivity index (χ0) is 13.3. The third kappa shape index (κ3) is 2.45. The van der Waals surface area contributed by atoms with Crippen LogP contribution in [-0.2, 0) is 9.53 Å². The largest absolute Gasteiger partial charge is 0.508 e. The molecule has 0 aliphatic carbocycles. The predicted octanol–water partition coefficient (Wildman–Crippen LogP) is 3.19. The van der Waals surface area contributed by atoms with Gasteiger partial charge in [-0.1, -0.05) is 19.1 Å². The molecule has 1 heterocycles. The molecule has 0 fully saturated rings. The molecule has 1 aliphatic heterocycles. The Bertz CT molecular complexity index is 553. The van der Waals surface area contributed by atoms with Crippen molar-refractivity contribution in [1.29, 1.82) is 0 Å². The number of benzene rings is 1. The van der Waals surface area contributed by atoms with Crippen LogP contribution in [0.25, 0.3) is 0 Å². The number of carbonyl (C=O) groups excluding carboxylic acids is 1. The van der Waals surface area contributed by atoms with Crippen LogP contribution >= 0.6 is 0 Å². The normalized spacial score (nSPS) is 18.7. The smallest absolute Gasteiger partial charge is 0.339 e. The molecular formula is C15H16O3. The second-order valence-electron chi connectivity index (χ2n) is 4.62. The van der Waals surface area contributed by atoms with Crippen molar-refractivity contribution in [3.8, 4) is 5.75 Å². The van der Waals surface area contributed by atoms with Crippen molar-refractivity contribution in [2.24, 2.45) is 0 Å². The first-order chi connectivity index (χ1) is 8.47. The van der Waals surface area contributed by atoms with Gasteiger partial charge in [0, 0.05) is 11.5 Å². The summed E-state index contributed by atoms with van der Waals surface area (Å²) in [4.78, 5) is 11.2. The minimum Gasteiger partial charge on any atom is -0.508 e. The van der Waals surface area contributed by atoms with E-state index in [1.165, 1.54) is 0 Å². The lowest BCUT2D eigenvalue weighted by atomic mass is 9.98. The zero-order valence-electron chi connectivity index (χ0n) is 10.7. The van der Waals surface area contributed by atoms with Crippen LogP contribution < -0.4 is 0 Å². The summed E-state index contributed by atoms with van der Waals surface area (Å²) in [6.07, 6.45) is 3.60. The van der Waals surface area contributed by atoms with Crippen LogP contribution in [0.1, 0.15) is 30.9 Å². The monoisotopic (exact) mass is 244 g/mol. The van der Waals surface area contributed by atoms with Gasteiger partial charge in [-0.3, -0.25) is 0 Å². The number of allylic oxidation sites excluding steroid dienone is 2. The minimum absolute atomic E-state index is 0.0708. The van der Waals surface area contributed by atoms with E-state index in [4.69, 9.17) is 4.74 Å². The Labute approximate surface area is 106 Å². The molecule has 3 nitrogen and oxygen atoms in total. The van der Waals surface area contributed by atoms with Crippen molar-refractivity contribution in [3.63, 3.8) is 0 Å². The van der Waals surface area contributed by atoms with Crippen LogP contribution in [-0.4, -0.2) is 11.1 Å². The summed E-state index contributed by atoms with van der Waals surface area (Å²) >= 11 is 0. The fourth-order valence-corrected chi connectivity index (χ4v) is 1.82. The number of ether oxygens (including phenoxy) is 1. The number of rotatable bonds is 2. The van der Waals surface area contributed by atoms with Crippen LogP contribution in [0.3, 0.4) is 0 Å². The third-order valence-corrected chi connectivity index (χ3v) is 3.06. The van der Waals surface area contributed by atoms with E-state index in [-0.39, 0.29) is 17.6 Å². The number of phenolic OH excluding ortho intramolecular Hbond substituents is 1. The Hall–Kier alpha value is -2.03. The molecule has 0 radical (unpaired) electrons. The molecule has 0 bridgehead atoms. The average Bonchev–Trinajstić information content (AvgIpc) is 2.61. The number of phenols is 1. The van der Waals surface area contributed by atoms with Gasteiger partial charge in [0.25, 0.3) is 0 Å². The van der Waals surface area contributed by atoms with Crippen molar-refractivity contribution < 1.29 is 14.6 Å². The summed E-state index contributed by atoms with van der Waals surface area (Å²) in [6, 6.07) is 5.58. The Morgan fingerprint density at radius 1 is 1.33 bits per heavy atom. The number of aromatic hydroxyl groups is 1. The summed E-state index contributed by atoms with van der Waals surface area (Å²) in [6.45, 7) is 5.57. The molecule has 1 aromatic rings. The maximum atomic E-state index is 11.2. The lowest BCUT2D eigenvalue weighted by Gasteiger charge is -2.09. The molecule has 2 rings (SSSR count). The van der Waals surface area contributed by atoms with Crippen LogP contribution in [0.15, 0.2) is 41.7 Å². The van der Waals surface area contributed by atoms with E-state index < -0.39 is 0 Å². The van der Waals surface area contributed by atoms with Gasteiger partial charge in [-0.05, 0) is 43.2 Å². The molecule has 3 heteroatoms. The van der Waals surface area contributed by atoms with E-state index >= 15 is 0 Å². The highest BCUT2D eigenvalue weighted by atomic mass is 16.5. The lowest BCUT2D eigenvalue weighted by Crippen LogP contribution is -1.96. The van der Waals surface area contributed by atoms with E-state index in [2.05, 4.69) is 0 Å². The van der Waals surface area contributed by atoms with Crippen LogP contribution in [0.4, 0.5) is 0 Å². The number of carbonyl (C=O) groups is 1. The van der Waals surface area contributed by atoms with Crippen molar-refractivity contribution in [2.75, 3.05) is 0 Å². The van der Waals surface area contributed by atoms with Gasteiger partial charge in [-0.2, -0.15) is 0 Å². The Kier molecular flexibility index (Phi) is 3.24. The molecule has 1 aromatic carbocycles. The summed E-state index contributed by atoms with van der Waals surface area (Å²) in [5.74, 6) is 0.639. The molecule has 0 spiro atoms. The molecule has 1 aliphatic rings. The number of cyclic esters (lactones) is 1. The molecule has 1 N–H and O–H groups in total. The fourth-order valence-electron chi connectivity index (χ4n) is 1.82. The van der Waals surface area contributed by atoms with Gasteiger partial charge in [-0.15, -0.1) is 0 Å². The SMILES string of the molecule is CC1=CC(=C[C@H](C)c2ccc(C)c(O)c2)OC1=O. The molecule has 0 saturated carbocycles. The third-order valence-electron chi connectivity index (χ3n) is 3.06. The highest BCUT2D eigenvalue weighted by Crippen LogP contribution is 2.27. The number of aryl methyl sites for hydroxylation is 1. The fraction of sp³-hybridized carbons (Fsp3) is 0.267. The standard InChI is InChI=1S/C15H16O3/c1-9-4-5-12(8-14(9)16)10(2)6-13-7-11(3)15(17)18-13/h4-8,10,16H,1-3H3/t10-/m0/s1. The van der Waals surface area contributed by atoms with Gasteiger partial charge >= 0.3 is 5.97 Å². The summed E-state index contributed by atoms with van der Waals surface area (Å²) in [7, 11) is 0. The van der Waals surface area contributed by atoms with Gasteiger partial charge in [-0.25, -0.2) is 4.79 Å². The van der Waals surface area contributed by atoms with E-state index in [1.54, 1.807) is 19.1 Å². The van der Waals surface area contributed by atoms with Gasteiger partial charge in [0.15, 0.2) is 0 Å². The molecule has 0 aromatic heterocycles. The Morgan fingerprint density at radius 2 is 2.06 bits per heavy atom. The quantitative estimate of drug-likeness (QED) is 0.813. The summed E-state index contributed by atoms with van der Waals surface area (Å²) < 4.78 is 5.09. The van der Waals surface area contributed by atoms with Crippen molar-refractivity contribution in [2.45, 2.75) is 26.7 Å². The molecular weight excluding hydrogens is 228 g/mol. The topological polar surface area (TPSA) is 46.5 Å². The van der Waals surface area contributed by atoms with Gasteiger partial charge in [0.1, 0.15) is 11.5 Å². The zero-order valence-corrected chi connectivity index (χ0v) is 10.7. The molecule has 1 atom stereocenters. The molecule has 0 amide bonds. The lowest BCUT2D eigenvalue weighted by molar-refractivity contribution is -0.133. The highest BCUT2D eigenvalue weighted by molar-refractivity contribution is 5.92. The first kappa shape index (κ1) is 12.4. The average molecular weight is 244 g/mol.